The number of likely N-dealkylation sites (tertiary alicyclic amines) is 1. The van der Waals surface area contributed by atoms with Gasteiger partial charge in [-0.05, 0) is 51.5 Å². The lowest BCUT2D eigenvalue weighted by Crippen LogP contribution is -2.45. The number of rotatable bonds is 4. The second-order valence-corrected chi connectivity index (χ2v) is 7.02. The zero-order chi connectivity index (χ0) is 15.6. The highest BCUT2D eigenvalue weighted by Gasteiger charge is 2.37. The number of aryl methyl sites for hydroxylation is 1. The molecule has 2 aliphatic rings. The van der Waals surface area contributed by atoms with Crippen LogP contribution in [-0.2, 0) is 17.8 Å². The van der Waals surface area contributed by atoms with Gasteiger partial charge in [-0.15, -0.1) is 0 Å². The molecule has 0 amide bonds. The molecule has 2 fully saturated rings. The molecule has 1 N–H and O–H groups in total. The predicted molar refractivity (Wildman–Crippen MR) is 85.8 cm³/mol. The lowest BCUT2D eigenvalue weighted by atomic mass is 9.74. The summed E-state index contributed by atoms with van der Waals surface area (Å²) in [6.07, 6.45) is 5.08. The van der Waals surface area contributed by atoms with Crippen molar-refractivity contribution in [2.75, 3.05) is 32.9 Å². The zero-order valence-corrected chi connectivity index (χ0v) is 14.0. The van der Waals surface area contributed by atoms with Gasteiger partial charge in [0, 0.05) is 37.6 Å². The summed E-state index contributed by atoms with van der Waals surface area (Å²) in [4.78, 5) is 2.61. The summed E-state index contributed by atoms with van der Waals surface area (Å²) < 4.78 is 7.51. The molecule has 124 valence electrons. The summed E-state index contributed by atoms with van der Waals surface area (Å²) in [7, 11) is 0. The van der Waals surface area contributed by atoms with Crippen LogP contribution in [0.25, 0.3) is 0 Å². The molecule has 22 heavy (non-hydrogen) atoms. The zero-order valence-electron chi connectivity index (χ0n) is 14.0. The molecule has 1 aromatic rings. The van der Waals surface area contributed by atoms with Gasteiger partial charge < -0.3 is 9.84 Å². The van der Waals surface area contributed by atoms with Gasteiger partial charge in [-0.3, -0.25) is 9.58 Å². The molecule has 0 aliphatic carbocycles. The Morgan fingerprint density at radius 2 is 2.00 bits per heavy atom. The Hall–Kier alpha value is -0.910. The third-order valence-electron chi connectivity index (χ3n) is 5.52. The molecule has 0 unspecified atom stereocenters. The van der Waals surface area contributed by atoms with Gasteiger partial charge in [0.05, 0.1) is 18.8 Å². The SMILES string of the molecule is Cc1nn(CCO)c(C)c1CN1CCCC2(CCOCC2)C1. The molecule has 3 rings (SSSR count). The second kappa shape index (κ2) is 6.69. The van der Waals surface area contributed by atoms with Crippen LogP contribution in [0.1, 0.15) is 42.6 Å². The van der Waals surface area contributed by atoms with Crippen molar-refractivity contribution < 1.29 is 9.84 Å². The maximum absolute atomic E-state index is 9.15. The van der Waals surface area contributed by atoms with Gasteiger partial charge >= 0.3 is 0 Å². The number of aliphatic hydroxyl groups excluding tert-OH is 1. The highest BCUT2D eigenvalue weighted by Crippen LogP contribution is 2.39. The minimum Gasteiger partial charge on any atom is -0.394 e. The number of hydrogen-bond donors (Lipinski definition) is 1. The Kier molecular flexibility index (Phi) is 4.85. The molecule has 1 spiro atoms. The molecule has 2 aliphatic heterocycles. The number of ether oxygens (including phenoxy) is 1. The number of piperidine rings is 1. The maximum Gasteiger partial charge on any atom is 0.0644 e. The van der Waals surface area contributed by atoms with E-state index < -0.39 is 0 Å². The highest BCUT2D eigenvalue weighted by molar-refractivity contribution is 5.24. The van der Waals surface area contributed by atoms with Crippen molar-refractivity contribution in [1.82, 2.24) is 14.7 Å². The minimum atomic E-state index is 0.147. The first-order chi connectivity index (χ1) is 10.6. The van der Waals surface area contributed by atoms with E-state index in [1.807, 2.05) is 4.68 Å². The Morgan fingerprint density at radius 1 is 1.23 bits per heavy atom. The van der Waals surface area contributed by atoms with Crippen LogP contribution in [0.3, 0.4) is 0 Å². The largest absolute Gasteiger partial charge is 0.394 e. The number of aromatic nitrogens is 2. The first-order valence-corrected chi connectivity index (χ1v) is 8.57. The molecule has 0 radical (unpaired) electrons. The normalized spacial score (nSPS) is 22.3. The van der Waals surface area contributed by atoms with Crippen LogP contribution in [0.15, 0.2) is 0 Å². The van der Waals surface area contributed by atoms with Gasteiger partial charge in [0.15, 0.2) is 0 Å². The number of hydrogen-bond acceptors (Lipinski definition) is 4. The fourth-order valence-corrected chi connectivity index (χ4v) is 4.16. The minimum absolute atomic E-state index is 0.147. The predicted octanol–water partition coefficient (Wildman–Crippen LogP) is 1.88. The molecule has 1 aromatic heterocycles. The molecule has 0 saturated carbocycles. The topological polar surface area (TPSA) is 50.5 Å². The average molecular weight is 307 g/mol. The van der Waals surface area contributed by atoms with E-state index in [0.717, 1.165) is 25.5 Å². The van der Waals surface area contributed by atoms with Crippen molar-refractivity contribution in [2.24, 2.45) is 5.41 Å². The van der Waals surface area contributed by atoms with Gasteiger partial charge in [-0.1, -0.05) is 0 Å². The third kappa shape index (κ3) is 3.21. The van der Waals surface area contributed by atoms with Crippen molar-refractivity contribution in [3.63, 3.8) is 0 Å². The van der Waals surface area contributed by atoms with Crippen molar-refractivity contribution in [3.05, 3.63) is 17.0 Å². The summed E-state index contributed by atoms with van der Waals surface area (Å²) in [5.41, 5.74) is 4.15. The van der Waals surface area contributed by atoms with E-state index in [1.54, 1.807) is 0 Å². The summed E-state index contributed by atoms with van der Waals surface area (Å²) >= 11 is 0. The van der Waals surface area contributed by atoms with E-state index >= 15 is 0 Å². The Bertz CT molecular complexity index is 501. The standard InChI is InChI=1S/C17H29N3O2/c1-14-16(15(2)20(18-14)8-9-21)12-19-7-3-4-17(13-19)5-10-22-11-6-17/h21H,3-13H2,1-2H3. The van der Waals surface area contributed by atoms with Crippen LogP contribution in [0, 0.1) is 19.3 Å². The van der Waals surface area contributed by atoms with E-state index in [2.05, 4.69) is 23.8 Å². The lowest BCUT2D eigenvalue weighted by Gasteiger charge is -2.45. The van der Waals surface area contributed by atoms with Gasteiger partial charge in [0.1, 0.15) is 0 Å². The molecule has 0 aromatic carbocycles. The molecule has 0 atom stereocenters. The first kappa shape index (κ1) is 16.0. The van der Waals surface area contributed by atoms with Crippen LogP contribution in [0.5, 0.6) is 0 Å². The smallest absolute Gasteiger partial charge is 0.0644 e. The Labute approximate surface area is 133 Å². The van der Waals surface area contributed by atoms with Crippen molar-refractivity contribution in [1.29, 1.82) is 0 Å². The molecule has 2 saturated heterocycles. The Balaban J connectivity index is 1.70. The first-order valence-electron chi connectivity index (χ1n) is 8.57. The van der Waals surface area contributed by atoms with E-state index in [1.165, 1.54) is 50.0 Å². The van der Waals surface area contributed by atoms with Crippen LogP contribution >= 0.6 is 0 Å². The molecule has 0 bridgehead atoms. The molecular weight excluding hydrogens is 278 g/mol. The van der Waals surface area contributed by atoms with Crippen LogP contribution < -0.4 is 0 Å². The van der Waals surface area contributed by atoms with Crippen molar-refractivity contribution in [2.45, 2.75) is 52.6 Å². The monoisotopic (exact) mass is 307 g/mol. The highest BCUT2D eigenvalue weighted by atomic mass is 16.5. The number of nitrogens with zero attached hydrogens (tertiary/aromatic N) is 3. The van der Waals surface area contributed by atoms with E-state index in [-0.39, 0.29) is 6.61 Å². The summed E-state index contributed by atoms with van der Waals surface area (Å²) in [6, 6.07) is 0. The van der Waals surface area contributed by atoms with Gasteiger partial charge in [0.25, 0.3) is 0 Å². The van der Waals surface area contributed by atoms with E-state index in [0.29, 0.717) is 12.0 Å². The van der Waals surface area contributed by atoms with Crippen molar-refractivity contribution >= 4 is 0 Å². The van der Waals surface area contributed by atoms with Gasteiger partial charge in [-0.25, -0.2) is 0 Å². The maximum atomic E-state index is 9.15. The molecule has 5 nitrogen and oxygen atoms in total. The summed E-state index contributed by atoms with van der Waals surface area (Å²) in [5.74, 6) is 0. The molecule has 3 heterocycles. The third-order valence-corrected chi connectivity index (χ3v) is 5.52. The van der Waals surface area contributed by atoms with E-state index in [4.69, 9.17) is 9.84 Å². The van der Waals surface area contributed by atoms with Gasteiger partial charge in [-0.2, -0.15) is 5.10 Å². The Morgan fingerprint density at radius 3 is 2.73 bits per heavy atom. The summed E-state index contributed by atoms with van der Waals surface area (Å²) in [6.45, 7) is 10.2. The fourth-order valence-electron chi connectivity index (χ4n) is 4.16. The molecular formula is C17H29N3O2. The molecule has 5 heteroatoms. The van der Waals surface area contributed by atoms with Crippen LogP contribution in [0.2, 0.25) is 0 Å². The second-order valence-electron chi connectivity index (χ2n) is 7.02. The van der Waals surface area contributed by atoms with Crippen LogP contribution in [-0.4, -0.2) is 52.7 Å². The lowest BCUT2D eigenvalue weighted by molar-refractivity contribution is -0.0292. The number of aliphatic hydroxyl groups is 1. The average Bonchev–Trinajstić information content (AvgIpc) is 2.76. The van der Waals surface area contributed by atoms with E-state index in [9.17, 15) is 0 Å². The fraction of sp³-hybridized carbons (Fsp3) is 0.824. The quantitative estimate of drug-likeness (QED) is 0.923. The summed E-state index contributed by atoms with van der Waals surface area (Å²) in [5, 5.41) is 13.7. The van der Waals surface area contributed by atoms with Crippen LogP contribution in [0.4, 0.5) is 0 Å². The van der Waals surface area contributed by atoms with Gasteiger partial charge in [0.2, 0.25) is 0 Å². The van der Waals surface area contributed by atoms with Crippen molar-refractivity contribution in [3.8, 4) is 0 Å².